The molecule has 0 aromatic heterocycles. The number of methoxy groups -OCH3 is 3. The maximum atomic E-state index is 11.9. The summed E-state index contributed by atoms with van der Waals surface area (Å²) in [4.78, 5) is 14.2. The van der Waals surface area contributed by atoms with Gasteiger partial charge in [0.05, 0.1) is 27.2 Å². The fraction of sp³-hybridized carbons (Fsp3) is 0.588. The van der Waals surface area contributed by atoms with Crippen LogP contribution in [0.2, 0.25) is 0 Å². The molecule has 7 heteroatoms. The number of hydrogen-bond donors (Lipinski definition) is 1. The van der Waals surface area contributed by atoms with Gasteiger partial charge >= 0.3 is 0 Å². The summed E-state index contributed by atoms with van der Waals surface area (Å²) >= 11 is 0. The Labute approximate surface area is 150 Å². The van der Waals surface area contributed by atoms with Gasteiger partial charge in [0, 0.05) is 0 Å². The lowest BCUT2D eigenvalue weighted by Gasteiger charge is -2.22. The Morgan fingerprint density at radius 2 is 1.58 bits per heavy atom. The molecule has 0 fully saturated rings. The predicted molar refractivity (Wildman–Crippen MR) is 97.7 cm³/mol. The van der Waals surface area contributed by atoms with Gasteiger partial charge in [-0.3, -0.25) is 4.79 Å². The van der Waals surface area contributed by atoms with Crippen molar-refractivity contribution >= 4 is 18.3 Å². The molecule has 0 bridgehead atoms. The maximum absolute atomic E-state index is 11.9. The topological polar surface area (TPSA) is 74.0 Å². The van der Waals surface area contributed by atoms with Crippen molar-refractivity contribution in [2.24, 2.45) is 5.73 Å². The summed E-state index contributed by atoms with van der Waals surface area (Å²) < 4.78 is 16.0. The lowest BCUT2D eigenvalue weighted by Crippen LogP contribution is -2.29. The summed E-state index contributed by atoms with van der Waals surface area (Å²) in [5.74, 6) is 0.799. The number of carbonyl (C=O) groups is 1. The zero-order chi connectivity index (χ0) is 17.4. The van der Waals surface area contributed by atoms with E-state index in [1.165, 1.54) is 0 Å². The van der Waals surface area contributed by atoms with Crippen molar-refractivity contribution in [2.45, 2.75) is 26.2 Å². The largest absolute Gasteiger partial charge is 0.493 e. The summed E-state index contributed by atoms with van der Waals surface area (Å²) in [5, 5.41) is 0. The molecule has 0 heterocycles. The van der Waals surface area contributed by atoms with Crippen molar-refractivity contribution in [1.82, 2.24) is 4.90 Å². The molecule has 2 N–H and O–H groups in total. The third kappa shape index (κ3) is 5.46. The van der Waals surface area contributed by atoms with E-state index in [9.17, 15) is 4.79 Å². The number of hydrogen-bond acceptors (Lipinski definition) is 5. The first-order valence-electron chi connectivity index (χ1n) is 7.83. The van der Waals surface area contributed by atoms with E-state index >= 15 is 0 Å². The molecule has 0 aliphatic rings. The summed E-state index contributed by atoms with van der Waals surface area (Å²) in [6.07, 6.45) is 0.648. The molecule has 1 unspecified atom stereocenters. The van der Waals surface area contributed by atoms with Crippen LogP contribution in [0.25, 0.3) is 0 Å². The molecule has 1 aromatic rings. The van der Waals surface area contributed by atoms with Crippen molar-refractivity contribution < 1.29 is 19.0 Å². The first kappa shape index (κ1) is 22.3. The highest BCUT2D eigenvalue weighted by molar-refractivity contribution is 5.85. The van der Waals surface area contributed by atoms with E-state index in [-0.39, 0.29) is 18.3 Å². The van der Waals surface area contributed by atoms with Crippen LogP contribution < -0.4 is 19.9 Å². The molecule has 0 saturated heterocycles. The van der Waals surface area contributed by atoms with Crippen LogP contribution in [0.4, 0.5) is 0 Å². The highest BCUT2D eigenvalue weighted by atomic mass is 35.5. The molecule has 0 aliphatic heterocycles. The Hall–Kier alpha value is -1.66. The van der Waals surface area contributed by atoms with Gasteiger partial charge in [-0.25, -0.2) is 0 Å². The van der Waals surface area contributed by atoms with Crippen LogP contribution in [0.15, 0.2) is 12.1 Å². The van der Waals surface area contributed by atoms with E-state index in [1.54, 1.807) is 33.5 Å². The van der Waals surface area contributed by atoms with Crippen LogP contribution in [0.3, 0.4) is 0 Å². The molecule has 138 valence electrons. The van der Waals surface area contributed by atoms with E-state index in [4.69, 9.17) is 19.9 Å². The van der Waals surface area contributed by atoms with Gasteiger partial charge < -0.3 is 24.8 Å². The molecule has 1 aromatic carbocycles. The average Bonchev–Trinajstić information content (AvgIpc) is 2.57. The minimum Gasteiger partial charge on any atom is -0.493 e. The van der Waals surface area contributed by atoms with Crippen LogP contribution in [0.1, 0.15) is 31.7 Å². The van der Waals surface area contributed by atoms with Crippen molar-refractivity contribution in [3.8, 4) is 17.2 Å². The number of rotatable bonds is 10. The third-order valence-electron chi connectivity index (χ3n) is 4.06. The van der Waals surface area contributed by atoms with E-state index in [2.05, 4.69) is 18.7 Å². The van der Waals surface area contributed by atoms with E-state index < -0.39 is 5.92 Å². The van der Waals surface area contributed by atoms with Gasteiger partial charge in [0.25, 0.3) is 0 Å². The number of nitrogens with zero attached hydrogens (tertiary/aromatic N) is 1. The summed E-state index contributed by atoms with van der Waals surface area (Å²) in [6, 6.07) is 3.58. The van der Waals surface area contributed by atoms with Crippen LogP contribution in [0.5, 0.6) is 17.2 Å². The number of ether oxygens (including phenoxy) is 3. The fourth-order valence-corrected chi connectivity index (χ4v) is 2.63. The normalized spacial score (nSPS) is 11.6. The Bertz CT molecular complexity index is 496. The SMILES string of the molecule is CCN(CC)CCC(C(N)=O)c1cc(OC)c(OC)c(OC)c1.Cl. The van der Waals surface area contributed by atoms with Crippen molar-refractivity contribution in [3.05, 3.63) is 17.7 Å². The molecule has 0 radical (unpaired) electrons. The summed E-state index contributed by atoms with van der Waals surface area (Å²) in [7, 11) is 4.65. The Morgan fingerprint density at radius 3 is 1.92 bits per heavy atom. The molecule has 0 saturated carbocycles. The summed E-state index contributed by atoms with van der Waals surface area (Å²) in [5.41, 5.74) is 6.40. The lowest BCUT2D eigenvalue weighted by molar-refractivity contribution is -0.119. The van der Waals surface area contributed by atoms with E-state index in [1.807, 2.05) is 0 Å². The number of primary amides is 1. The second-order valence-corrected chi connectivity index (χ2v) is 5.23. The van der Waals surface area contributed by atoms with Crippen LogP contribution in [-0.4, -0.2) is 51.8 Å². The summed E-state index contributed by atoms with van der Waals surface area (Å²) in [6.45, 7) is 6.89. The molecule has 0 spiro atoms. The van der Waals surface area contributed by atoms with Gasteiger partial charge in [0.15, 0.2) is 11.5 Å². The third-order valence-corrected chi connectivity index (χ3v) is 4.06. The number of carbonyl (C=O) groups excluding carboxylic acids is 1. The first-order chi connectivity index (χ1) is 11.0. The van der Waals surface area contributed by atoms with Gasteiger partial charge in [-0.1, -0.05) is 13.8 Å². The fourth-order valence-electron chi connectivity index (χ4n) is 2.63. The molecule has 1 atom stereocenters. The van der Waals surface area contributed by atoms with E-state index in [0.717, 1.165) is 25.2 Å². The number of nitrogens with two attached hydrogens (primary N) is 1. The minimum absolute atomic E-state index is 0. The highest BCUT2D eigenvalue weighted by Crippen LogP contribution is 2.40. The Morgan fingerprint density at radius 1 is 1.08 bits per heavy atom. The quantitative estimate of drug-likeness (QED) is 0.693. The smallest absolute Gasteiger partial charge is 0.225 e. The van der Waals surface area contributed by atoms with Crippen LogP contribution in [-0.2, 0) is 4.79 Å². The van der Waals surface area contributed by atoms with Crippen LogP contribution >= 0.6 is 12.4 Å². The Kier molecular flexibility index (Phi) is 10.2. The van der Waals surface area contributed by atoms with E-state index in [0.29, 0.717) is 23.7 Å². The van der Waals surface area contributed by atoms with Crippen LogP contribution in [0, 0.1) is 0 Å². The molecule has 1 rings (SSSR count). The lowest BCUT2D eigenvalue weighted by atomic mass is 9.94. The highest BCUT2D eigenvalue weighted by Gasteiger charge is 2.23. The monoisotopic (exact) mass is 360 g/mol. The zero-order valence-corrected chi connectivity index (χ0v) is 15.9. The molecule has 0 aliphatic carbocycles. The predicted octanol–water partition coefficient (Wildman–Crippen LogP) is 2.44. The second-order valence-electron chi connectivity index (χ2n) is 5.23. The van der Waals surface area contributed by atoms with Gasteiger partial charge in [-0.05, 0) is 43.8 Å². The second kappa shape index (κ2) is 11.0. The Balaban J connectivity index is 0.00000529. The van der Waals surface area contributed by atoms with Crippen molar-refractivity contribution in [3.63, 3.8) is 0 Å². The van der Waals surface area contributed by atoms with Crippen molar-refractivity contribution in [1.29, 1.82) is 0 Å². The average molecular weight is 361 g/mol. The van der Waals surface area contributed by atoms with Gasteiger partial charge in [-0.2, -0.15) is 0 Å². The number of halogens is 1. The standard InChI is InChI=1S/C17H28N2O4.ClH/c1-6-19(7-2)9-8-13(17(18)20)12-10-14(21-3)16(23-5)15(11-12)22-4;/h10-11,13H,6-9H2,1-5H3,(H2,18,20);1H. The maximum Gasteiger partial charge on any atom is 0.225 e. The number of benzene rings is 1. The van der Waals surface area contributed by atoms with Gasteiger partial charge in [0.1, 0.15) is 0 Å². The zero-order valence-electron chi connectivity index (χ0n) is 15.1. The molecule has 6 nitrogen and oxygen atoms in total. The molecular formula is C17H29ClN2O4. The molecule has 24 heavy (non-hydrogen) atoms. The van der Waals surface area contributed by atoms with Gasteiger partial charge in [-0.15, -0.1) is 12.4 Å². The minimum atomic E-state index is -0.399. The van der Waals surface area contributed by atoms with Crippen molar-refractivity contribution in [2.75, 3.05) is 41.0 Å². The molecule has 1 amide bonds. The molecular weight excluding hydrogens is 332 g/mol. The first-order valence-corrected chi connectivity index (χ1v) is 7.83. The number of amides is 1. The van der Waals surface area contributed by atoms with Gasteiger partial charge in [0.2, 0.25) is 11.7 Å².